The van der Waals surface area contributed by atoms with E-state index in [1.54, 1.807) is 12.1 Å². The summed E-state index contributed by atoms with van der Waals surface area (Å²) in [6.07, 6.45) is 6.89. The van der Waals surface area contributed by atoms with Gasteiger partial charge in [0.1, 0.15) is 22.8 Å². The molecule has 2 aromatic carbocycles. The Kier molecular flexibility index (Phi) is 4.19. The van der Waals surface area contributed by atoms with E-state index in [0.29, 0.717) is 0 Å². The van der Waals surface area contributed by atoms with Crippen LogP contribution in [0.25, 0.3) is 11.2 Å². The number of H-pyrrole nitrogens is 1. The number of nitrogens with one attached hydrogen (secondary N) is 1. The van der Waals surface area contributed by atoms with Crippen LogP contribution in [-0.2, 0) is 11.8 Å². The van der Waals surface area contributed by atoms with Gasteiger partial charge in [-0.05, 0) is 66.3 Å². The van der Waals surface area contributed by atoms with Crippen molar-refractivity contribution in [1.82, 2.24) is 20.2 Å². The van der Waals surface area contributed by atoms with Crippen LogP contribution in [0, 0.1) is 11.2 Å². The minimum Gasteiger partial charge on any atom is -0.355 e. The molecule has 6 nitrogen and oxygen atoms in total. The van der Waals surface area contributed by atoms with Crippen molar-refractivity contribution in [2.75, 3.05) is 18.0 Å². The first-order valence-electron chi connectivity index (χ1n) is 12.1. The minimum atomic E-state index is -0.202. The topological polar surface area (TPSA) is 83.7 Å². The van der Waals surface area contributed by atoms with Gasteiger partial charge in [-0.2, -0.15) is 5.10 Å². The Balaban J connectivity index is 1.13. The van der Waals surface area contributed by atoms with Gasteiger partial charge in [-0.3, -0.25) is 5.10 Å². The molecule has 34 heavy (non-hydrogen) atoms. The van der Waals surface area contributed by atoms with E-state index in [2.05, 4.69) is 39.4 Å². The molecule has 1 saturated carbocycles. The Morgan fingerprint density at radius 2 is 1.82 bits per heavy atom. The Labute approximate surface area is 197 Å². The average Bonchev–Trinajstić information content (AvgIpc) is 3.50. The molecule has 1 atom stereocenters. The van der Waals surface area contributed by atoms with E-state index in [4.69, 9.17) is 15.7 Å². The van der Waals surface area contributed by atoms with Crippen LogP contribution in [0.5, 0.6) is 0 Å². The van der Waals surface area contributed by atoms with E-state index >= 15 is 0 Å². The van der Waals surface area contributed by atoms with E-state index in [1.807, 2.05) is 18.3 Å². The van der Waals surface area contributed by atoms with E-state index in [0.717, 1.165) is 73.4 Å². The molecule has 2 aromatic heterocycles. The molecule has 0 radical (unpaired) electrons. The smallest absolute Gasteiger partial charge is 0.176 e. The average molecular weight is 455 g/mol. The fraction of sp³-hybridized carbons (Fsp3) is 0.370. The van der Waals surface area contributed by atoms with Gasteiger partial charge < -0.3 is 10.6 Å². The monoisotopic (exact) mass is 454 g/mol. The zero-order valence-corrected chi connectivity index (χ0v) is 19.0. The molecule has 1 spiro atoms. The van der Waals surface area contributed by atoms with Crippen LogP contribution >= 0.6 is 0 Å². The van der Waals surface area contributed by atoms with Gasteiger partial charge in [0.15, 0.2) is 5.65 Å². The molecule has 3 heterocycles. The molecule has 172 valence electrons. The summed E-state index contributed by atoms with van der Waals surface area (Å²) in [5.41, 5.74) is 12.7. The number of hydrogen-bond acceptors (Lipinski definition) is 5. The number of aromatic nitrogens is 4. The van der Waals surface area contributed by atoms with Crippen LogP contribution in [0.3, 0.4) is 0 Å². The normalized spacial score (nSPS) is 22.3. The van der Waals surface area contributed by atoms with Gasteiger partial charge >= 0.3 is 0 Å². The first-order valence-corrected chi connectivity index (χ1v) is 12.1. The highest BCUT2D eigenvalue weighted by Crippen LogP contribution is 2.54. The van der Waals surface area contributed by atoms with Crippen LogP contribution in [0.1, 0.15) is 54.1 Å². The second kappa shape index (κ2) is 7.09. The number of rotatable bonds is 3. The molecule has 3 aliphatic rings. The maximum absolute atomic E-state index is 13.8. The number of aromatic amines is 1. The van der Waals surface area contributed by atoms with Crippen molar-refractivity contribution in [3.63, 3.8) is 0 Å². The number of anilines is 1. The van der Waals surface area contributed by atoms with Crippen molar-refractivity contribution in [3.05, 3.63) is 82.9 Å². The van der Waals surface area contributed by atoms with Crippen LogP contribution in [0.2, 0.25) is 0 Å². The van der Waals surface area contributed by atoms with Gasteiger partial charge in [0.25, 0.3) is 0 Å². The summed E-state index contributed by atoms with van der Waals surface area (Å²) in [4.78, 5) is 12.0. The largest absolute Gasteiger partial charge is 0.355 e. The Bertz CT molecular complexity index is 1390. The summed E-state index contributed by atoms with van der Waals surface area (Å²) in [6, 6.07) is 15.5. The molecule has 7 rings (SSSR count). The van der Waals surface area contributed by atoms with Gasteiger partial charge in [0, 0.05) is 24.5 Å². The molecule has 7 heteroatoms. The minimum absolute atomic E-state index is 0.000643. The standard InChI is InChI=1S/C27H27FN6/c28-19-7-6-17-15-26(23(29)20(17)14-19)10-12-34(13-11-26)21-16-30-22-24(32-33-25(22)31-21)27(8-9-27)18-4-2-1-3-5-18/h1-7,14,16,23H,8-13,15,29H2,(H,31,32,33)/t23-/m1/s1. The highest BCUT2D eigenvalue weighted by atomic mass is 19.1. The second-order valence-corrected chi connectivity index (χ2v) is 10.3. The molecule has 2 fully saturated rings. The number of hydrogen-bond donors (Lipinski definition) is 2. The predicted molar refractivity (Wildman–Crippen MR) is 129 cm³/mol. The Hall–Kier alpha value is -3.32. The zero-order chi connectivity index (χ0) is 22.9. The molecule has 2 aliphatic carbocycles. The third-order valence-corrected chi connectivity index (χ3v) is 8.52. The quantitative estimate of drug-likeness (QED) is 0.479. The summed E-state index contributed by atoms with van der Waals surface area (Å²) >= 11 is 0. The van der Waals surface area contributed by atoms with E-state index in [-0.39, 0.29) is 22.7 Å². The summed E-state index contributed by atoms with van der Waals surface area (Å²) in [5, 5.41) is 7.82. The molecular formula is C27H27FN6. The first-order chi connectivity index (χ1) is 16.6. The molecule has 1 saturated heterocycles. The lowest BCUT2D eigenvalue weighted by atomic mass is 9.73. The summed E-state index contributed by atoms with van der Waals surface area (Å²) in [6.45, 7) is 1.72. The van der Waals surface area contributed by atoms with Gasteiger partial charge in [-0.15, -0.1) is 0 Å². The highest BCUT2D eigenvalue weighted by Gasteiger charge is 2.49. The number of piperidine rings is 1. The number of benzene rings is 2. The Morgan fingerprint density at radius 3 is 2.59 bits per heavy atom. The SMILES string of the molecule is N[C@@H]1c2cc(F)ccc2CC12CCN(c1cnc3c(C4(c5ccccc5)CC4)n[nH]c3n1)CC2. The molecular weight excluding hydrogens is 427 g/mol. The molecule has 1 aliphatic heterocycles. The molecule has 0 unspecified atom stereocenters. The van der Waals surface area contributed by atoms with E-state index in [9.17, 15) is 4.39 Å². The molecule has 0 amide bonds. The van der Waals surface area contributed by atoms with Gasteiger partial charge in [0.2, 0.25) is 0 Å². The third-order valence-electron chi connectivity index (χ3n) is 8.52. The fourth-order valence-corrected chi connectivity index (χ4v) is 6.33. The predicted octanol–water partition coefficient (Wildman–Crippen LogP) is 4.41. The van der Waals surface area contributed by atoms with E-state index in [1.165, 1.54) is 11.1 Å². The van der Waals surface area contributed by atoms with E-state index < -0.39 is 0 Å². The first kappa shape index (κ1) is 20.1. The lowest BCUT2D eigenvalue weighted by molar-refractivity contribution is 0.187. The lowest BCUT2D eigenvalue weighted by Crippen LogP contribution is -2.44. The van der Waals surface area contributed by atoms with Crippen molar-refractivity contribution < 1.29 is 4.39 Å². The summed E-state index contributed by atoms with van der Waals surface area (Å²) in [7, 11) is 0. The highest BCUT2D eigenvalue weighted by molar-refractivity contribution is 5.77. The number of nitrogens with two attached hydrogens (primary N) is 1. The van der Waals surface area contributed by atoms with Crippen molar-refractivity contribution in [2.24, 2.45) is 11.1 Å². The van der Waals surface area contributed by atoms with Crippen molar-refractivity contribution in [1.29, 1.82) is 0 Å². The third kappa shape index (κ3) is 2.86. The summed E-state index contributed by atoms with van der Waals surface area (Å²) in [5.74, 6) is 0.670. The number of halogens is 1. The van der Waals surface area contributed by atoms with Gasteiger partial charge in [0.05, 0.1) is 6.20 Å². The van der Waals surface area contributed by atoms with Gasteiger partial charge in [-0.25, -0.2) is 14.4 Å². The number of fused-ring (bicyclic) bond motifs is 2. The Morgan fingerprint density at radius 1 is 1.03 bits per heavy atom. The van der Waals surface area contributed by atoms with Crippen LogP contribution < -0.4 is 10.6 Å². The van der Waals surface area contributed by atoms with Crippen LogP contribution in [0.15, 0.2) is 54.7 Å². The molecule has 4 aromatic rings. The lowest BCUT2D eigenvalue weighted by Gasteiger charge is -2.42. The maximum Gasteiger partial charge on any atom is 0.176 e. The zero-order valence-electron chi connectivity index (χ0n) is 19.0. The second-order valence-electron chi connectivity index (χ2n) is 10.3. The fourth-order valence-electron chi connectivity index (χ4n) is 6.33. The number of nitrogens with zero attached hydrogens (tertiary/aromatic N) is 4. The van der Waals surface area contributed by atoms with Crippen molar-refractivity contribution >= 4 is 17.0 Å². The maximum atomic E-state index is 13.8. The van der Waals surface area contributed by atoms with Crippen molar-refractivity contribution in [2.45, 2.75) is 43.6 Å². The molecule has 0 bridgehead atoms. The van der Waals surface area contributed by atoms with Crippen LogP contribution in [0.4, 0.5) is 10.2 Å². The van der Waals surface area contributed by atoms with Crippen LogP contribution in [-0.4, -0.2) is 33.3 Å². The van der Waals surface area contributed by atoms with Crippen molar-refractivity contribution in [3.8, 4) is 0 Å². The van der Waals surface area contributed by atoms with Gasteiger partial charge in [-0.1, -0.05) is 36.4 Å². The molecule has 3 N–H and O–H groups in total. The summed E-state index contributed by atoms with van der Waals surface area (Å²) < 4.78 is 13.8.